The number of benzene rings is 1. The maximum Gasteiger partial charge on any atom is 0.233 e. The normalized spacial score (nSPS) is 20.3. The fourth-order valence-electron chi connectivity index (χ4n) is 3.05. The predicted molar refractivity (Wildman–Crippen MR) is 81.5 cm³/mol. The number of hydrogen-bond donors (Lipinski definition) is 1. The monoisotopic (exact) mass is 337 g/mol. The van der Waals surface area contributed by atoms with Crippen LogP contribution in [0.4, 0.5) is 0 Å². The van der Waals surface area contributed by atoms with Crippen LogP contribution in [-0.2, 0) is 10.2 Å². The van der Waals surface area contributed by atoms with Gasteiger partial charge in [0.15, 0.2) is 0 Å². The summed E-state index contributed by atoms with van der Waals surface area (Å²) in [7, 11) is 0. The third-order valence-corrected chi connectivity index (χ3v) is 5.20. The molecule has 3 rings (SSSR count). The molecule has 1 N–H and O–H groups in total. The van der Waals surface area contributed by atoms with Crippen molar-refractivity contribution in [2.75, 3.05) is 13.2 Å². The SMILES string of the molecule is O=C(N(CCO)C1CCC1)C1(c2ccc(Br)cc2)CC1. The molecule has 108 valence electrons. The zero-order chi connectivity index (χ0) is 14.2. The fraction of sp³-hybridized carbons (Fsp3) is 0.562. The molecule has 0 heterocycles. The molecule has 0 aliphatic heterocycles. The van der Waals surface area contributed by atoms with Crippen molar-refractivity contribution >= 4 is 21.8 Å². The number of aliphatic hydroxyl groups is 1. The number of amides is 1. The van der Waals surface area contributed by atoms with Crippen molar-refractivity contribution < 1.29 is 9.90 Å². The standard InChI is InChI=1S/C16H20BrNO2/c17-13-6-4-12(5-7-13)16(8-9-16)15(20)18(10-11-19)14-2-1-3-14/h4-7,14,19H,1-3,8-11H2. The Labute approximate surface area is 128 Å². The van der Waals surface area contributed by atoms with Gasteiger partial charge in [-0.25, -0.2) is 0 Å². The maximum atomic E-state index is 12.9. The Morgan fingerprint density at radius 2 is 1.95 bits per heavy atom. The number of aliphatic hydroxyl groups excluding tert-OH is 1. The molecule has 0 unspecified atom stereocenters. The minimum atomic E-state index is -0.314. The molecule has 20 heavy (non-hydrogen) atoms. The van der Waals surface area contributed by atoms with Gasteiger partial charge in [0.2, 0.25) is 5.91 Å². The summed E-state index contributed by atoms with van der Waals surface area (Å²) < 4.78 is 1.04. The molecule has 4 heteroatoms. The first-order valence-corrected chi connectivity index (χ1v) is 8.15. The van der Waals surface area contributed by atoms with Crippen LogP contribution in [0.3, 0.4) is 0 Å². The first kappa shape index (κ1) is 14.1. The van der Waals surface area contributed by atoms with Crippen molar-refractivity contribution in [1.82, 2.24) is 4.90 Å². The largest absolute Gasteiger partial charge is 0.395 e. The highest BCUT2D eigenvalue weighted by molar-refractivity contribution is 9.10. The number of nitrogens with zero attached hydrogens (tertiary/aromatic N) is 1. The highest BCUT2D eigenvalue weighted by atomic mass is 79.9. The Balaban J connectivity index is 1.82. The summed E-state index contributed by atoms with van der Waals surface area (Å²) in [4.78, 5) is 14.9. The molecule has 0 spiro atoms. The van der Waals surface area contributed by atoms with Gasteiger partial charge >= 0.3 is 0 Å². The average Bonchev–Trinajstić information content (AvgIpc) is 3.18. The van der Waals surface area contributed by atoms with Crippen LogP contribution >= 0.6 is 15.9 Å². The van der Waals surface area contributed by atoms with E-state index in [1.54, 1.807) is 0 Å². The first-order chi connectivity index (χ1) is 9.67. The molecule has 1 aromatic carbocycles. The molecule has 0 saturated heterocycles. The van der Waals surface area contributed by atoms with Gasteiger partial charge in [0.25, 0.3) is 0 Å². The molecule has 2 aliphatic rings. The quantitative estimate of drug-likeness (QED) is 0.897. The minimum absolute atomic E-state index is 0.0542. The number of hydrogen-bond acceptors (Lipinski definition) is 2. The topological polar surface area (TPSA) is 40.5 Å². The molecule has 2 aliphatic carbocycles. The van der Waals surface area contributed by atoms with Crippen molar-refractivity contribution in [1.29, 1.82) is 0 Å². The summed E-state index contributed by atoms with van der Waals surface area (Å²) in [5.74, 6) is 0.221. The van der Waals surface area contributed by atoms with Gasteiger partial charge in [-0.1, -0.05) is 28.1 Å². The van der Waals surface area contributed by atoms with Gasteiger partial charge in [-0.3, -0.25) is 4.79 Å². The number of halogens is 1. The summed E-state index contributed by atoms with van der Waals surface area (Å²) >= 11 is 3.44. The first-order valence-electron chi connectivity index (χ1n) is 7.35. The fourth-order valence-corrected chi connectivity index (χ4v) is 3.32. The Bertz CT molecular complexity index is 492. The van der Waals surface area contributed by atoms with Crippen molar-refractivity contribution in [3.05, 3.63) is 34.3 Å². The molecule has 0 aromatic heterocycles. The smallest absolute Gasteiger partial charge is 0.233 e. The summed E-state index contributed by atoms with van der Waals surface area (Å²) in [6, 6.07) is 8.45. The Morgan fingerprint density at radius 3 is 2.40 bits per heavy atom. The second kappa shape index (κ2) is 5.49. The van der Waals surface area contributed by atoms with E-state index in [4.69, 9.17) is 0 Å². The average molecular weight is 338 g/mol. The summed E-state index contributed by atoms with van der Waals surface area (Å²) in [6.07, 6.45) is 5.24. The van der Waals surface area contributed by atoms with Gasteiger partial charge in [-0.15, -0.1) is 0 Å². The maximum absolute atomic E-state index is 12.9. The lowest BCUT2D eigenvalue weighted by Crippen LogP contribution is -2.49. The van der Waals surface area contributed by atoms with E-state index in [0.717, 1.165) is 35.7 Å². The third-order valence-electron chi connectivity index (χ3n) is 4.67. The lowest BCUT2D eigenvalue weighted by Gasteiger charge is -2.39. The van der Waals surface area contributed by atoms with E-state index >= 15 is 0 Å². The van der Waals surface area contributed by atoms with E-state index in [9.17, 15) is 9.90 Å². The van der Waals surface area contributed by atoms with Crippen LogP contribution in [0.15, 0.2) is 28.7 Å². The van der Waals surface area contributed by atoms with Crippen molar-refractivity contribution in [3.8, 4) is 0 Å². The third kappa shape index (κ3) is 2.40. The van der Waals surface area contributed by atoms with E-state index in [2.05, 4.69) is 15.9 Å². The predicted octanol–water partition coefficient (Wildman–Crippen LogP) is 2.85. The van der Waals surface area contributed by atoms with Gasteiger partial charge in [-0.05, 0) is 49.8 Å². The summed E-state index contributed by atoms with van der Waals surface area (Å²) in [5.41, 5.74) is 0.804. The molecule has 3 nitrogen and oxygen atoms in total. The number of rotatable bonds is 5. The van der Waals surface area contributed by atoms with E-state index < -0.39 is 0 Å². The van der Waals surface area contributed by atoms with Gasteiger partial charge in [-0.2, -0.15) is 0 Å². The molecule has 2 fully saturated rings. The summed E-state index contributed by atoms with van der Waals surface area (Å²) in [5, 5.41) is 9.25. The minimum Gasteiger partial charge on any atom is -0.395 e. The molecule has 0 bridgehead atoms. The highest BCUT2D eigenvalue weighted by Crippen LogP contribution is 2.50. The molecule has 2 saturated carbocycles. The van der Waals surface area contributed by atoms with E-state index in [1.165, 1.54) is 6.42 Å². The van der Waals surface area contributed by atoms with Gasteiger partial charge in [0.1, 0.15) is 0 Å². The molecule has 1 aromatic rings. The molecule has 0 atom stereocenters. The summed E-state index contributed by atoms with van der Waals surface area (Å²) in [6.45, 7) is 0.528. The van der Waals surface area contributed by atoms with Crippen molar-refractivity contribution in [2.24, 2.45) is 0 Å². The van der Waals surface area contributed by atoms with Gasteiger partial charge in [0, 0.05) is 17.1 Å². The van der Waals surface area contributed by atoms with Crippen LogP contribution in [0.5, 0.6) is 0 Å². The van der Waals surface area contributed by atoms with Crippen molar-refractivity contribution in [3.63, 3.8) is 0 Å². The Kier molecular flexibility index (Phi) is 3.87. The van der Waals surface area contributed by atoms with Crippen LogP contribution < -0.4 is 0 Å². The molecular formula is C16H20BrNO2. The lowest BCUT2D eigenvalue weighted by molar-refractivity contribution is -0.138. The van der Waals surface area contributed by atoms with Crippen LogP contribution in [0.25, 0.3) is 0 Å². The van der Waals surface area contributed by atoms with Gasteiger partial charge in [0.05, 0.1) is 12.0 Å². The second-order valence-electron chi connectivity index (χ2n) is 5.90. The number of carbonyl (C=O) groups excluding carboxylic acids is 1. The zero-order valence-electron chi connectivity index (χ0n) is 11.5. The highest BCUT2D eigenvalue weighted by Gasteiger charge is 2.54. The van der Waals surface area contributed by atoms with E-state index in [-0.39, 0.29) is 17.9 Å². The molecule has 1 amide bonds. The zero-order valence-corrected chi connectivity index (χ0v) is 13.1. The van der Waals surface area contributed by atoms with Crippen LogP contribution in [0, 0.1) is 0 Å². The van der Waals surface area contributed by atoms with Crippen LogP contribution in [-0.4, -0.2) is 35.1 Å². The van der Waals surface area contributed by atoms with E-state index in [0.29, 0.717) is 12.6 Å². The number of carbonyl (C=O) groups is 1. The molecular weight excluding hydrogens is 318 g/mol. The van der Waals surface area contributed by atoms with E-state index in [1.807, 2.05) is 29.2 Å². The Morgan fingerprint density at radius 1 is 1.30 bits per heavy atom. The van der Waals surface area contributed by atoms with Gasteiger partial charge < -0.3 is 10.0 Å². The lowest BCUT2D eigenvalue weighted by atomic mass is 9.88. The second-order valence-corrected chi connectivity index (χ2v) is 6.81. The molecule has 0 radical (unpaired) electrons. The van der Waals surface area contributed by atoms with Crippen LogP contribution in [0.2, 0.25) is 0 Å². The Hall–Kier alpha value is -0.870. The van der Waals surface area contributed by atoms with Crippen LogP contribution in [0.1, 0.15) is 37.7 Å². The van der Waals surface area contributed by atoms with Crippen molar-refractivity contribution in [2.45, 2.75) is 43.6 Å².